The van der Waals surface area contributed by atoms with Crippen molar-refractivity contribution in [1.82, 2.24) is 15.5 Å². The first-order valence-corrected chi connectivity index (χ1v) is 10.5. The smallest absolute Gasteiger partial charge is 0.233 e. The van der Waals surface area contributed by atoms with Crippen molar-refractivity contribution < 1.29 is 14.1 Å². The molecule has 3 rings (SSSR count). The number of amides is 1. The minimum Gasteiger partial charge on any atom is -0.356 e. The number of nitrogens with one attached hydrogen (secondary N) is 1. The average molecular weight is 410 g/mol. The zero-order chi connectivity index (χ0) is 20.6. The highest BCUT2D eigenvalue weighted by Gasteiger charge is 2.18. The molecule has 1 heterocycles. The van der Waals surface area contributed by atoms with Gasteiger partial charge in [-0.2, -0.15) is 16.7 Å². The third kappa shape index (κ3) is 5.77. The molecular formula is C22H23N3O3S. The minimum absolute atomic E-state index is 0.0126. The van der Waals surface area contributed by atoms with Gasteiger partial charge in [0.2, 0.25) is 11.8 Å². The zero-order valence-electron chi connectivity index (χ0n) is 16.4. The highest BCUT2D eigenvalue weighted by atomic mass is 32.2. The summed E-state index contributed by atoms with van der Waals surface area (Å²) in [5, 5.41) is 6.79. The maximum Gasteiger partial charge on any atom is 0.233 e. The molecule has 0 bridgehead atoms. The number of aromatic nitrogens is 2. The molecule has 0 aliphatic heterocycles. The van der Waals surface area contributed by atoms with E-state index in [9.17, 15) is 9.59 Å². The van der Waals surface area contributed by atoms with Crippen LogP contribution in [-0.2, 0) is 10.5 Å². The summed E-state index contributed by atoms with van der Waals surface area (Å²) < 4.78 is 5.43. The highest BCUT2D eigenvalue weighted by molar-refractivity contribution is 7.98. The molecule has 6 nitrogen and oxygen atoms in total. The van der Waals surface area contributed by atoms with E-state index in [-0.39, 0.29) is 17.6 Å². The Labute approximate surface area is 174 Å². The van der Waals surface area contributed by atoms with E-state index in [1.54, 1.807) is 11.8 Å². The van der Waals surface area contributed by atoms with Gasteiger partial charge in [0, 0.05) is 30.3 Å². The Balaban J connectivity index is 1.63. The number of rotatable bonds is 9. The second-order valence-electron chi connectivity index (χ2n) is 6.63. The summed E-state index contributed by atoms with van der Waals surface area (Å²) in [6.45, 7) is 4.09. The normalized spacial score (nSPS) is 11.8. The molecule has 150 valence electrons. The molecular weight excluding hydrogens is 386 g/mol. The minimum atomic E-state index is -0.121. The van der Waals surface area contributed by atoms with Crippen LogP contribution in [0.25, 0.3) is 0 Å². The number of hydrogen-bond donors (Lipinski definition) is 1. The maximum atomic E-state index is 12.7. The average Bonchev–Trinajstić information content (AvgIpc) is 3.22. The standard InChI is InChI=1S/C22H23N3O3S/c1-15(22-24-20(25-28-22)14-29-12-11-23-16(2)26)18-9-6-10-19(13-18)21(27)17-7-4-3-5-8-17/h3-10,13,15H,11-12,14H2,1-2H3,(H,23,26). The van der Waals surface area contributed by atoms with Crippen LogP contribution in [0.5, 0.6) is 0 Å². The Kier molecular flexibility index (Phi) is 7.19. The lowest BCUT2D eigenvalue weighted by Gasteiger charge is -2.09. The van der Waals surface area contributed by atoms with Crippen LogP contribution in [0.1, 0.15) is 53.0 Å². The van der Waals surface area contributed by atoms with Crippen LogP contribution in [0, 0.1) is 0 Å². The van der Waals surface area contributed by atoms with Gasteiger partial charge in [0.1, 0.15) is 0 Å². The van der Waals surface area contributed by atoms with E-state index < -0.39 is 0 Å². The second kappa shape index (κ2) is 10.0. The Morgan fingerprint density at radius 1 is 1.10 bits per heavy atom. The predicted molar refractivity (Wildman–Crippen MR) is 113 cm³/mol. The van der Waals surface area contributed by atoms with Crippen LogP contribution in [0.4, 0.5) is 0 Å². The summed E-state index contributed by atoms with van der Waals surface area (Å²) in [7, 11) is 0. The van der Waals surface area contributed by atoms with Crippen LogP contribution in [0.3, 0.4) is 0 Å². The van der Waals surface area contributed by atoms with Gasteiger partial charge in [-0.15, -0.1) is 0 Å². The van der Waals surface area contributed by atoms with Gasteiger partial charge in [0.25, 0.3) is 0 Å². The van der Waals surface area contributed by atoms with E-state index in [1.807, 2.05) is 61.5 Å². The third-order valence-electron chi connectivity index (χ3n) is 4.39. The molecule has 0 saturated carbocycles. The lowest BCUT2D eigenvalue weighted by atomic mass is 9.95. The third-order valence-corrected chi connectivity index (χ3v) is 5.35. The second-order valence-corrected chi connectivity index (χ2v) is 7.73. The van der Waals surface area contributed by atoms with Crippen molar-refractivity contribution in [3.8, 4) is 0 Å². The molecule has 0 aliphatic carbocycles. The van der Waals surface area contributed by atoms with E-state index in [1.165, 1.54) is 6.92 Å². The van der Waals surface area contributed by atoms with Gasteiger partial charge in [-0.3, -0.25) is 9.59 Å². The quantitative estimate of drug-likeness (QED) is 0.427. The first-order chi connectivity index (χ1) is 14.0. The van der Waals surface area contributed by atoms with Gasteiger partial charge in [-0.05, 0) is 18.6 Å². The van der Waals surface area contributed by atoms with Crippen molar-refractivity contribution >= 4 is 23.5 Å². The lowest BCUT2D eigenvalue weighted by molar-refractivity contribution is -0.118. The van der Waals surface area contributed by atoms with E-state index in [4.69, 9.17) is 4.52 Å². The fourth-order valence-corrected chi connectivity index (χ4v) is 3.50. The molecule has 1 N–H and O–H groups in total. The van der Waals surface area contributed by atoms with Gasteiger partial charge in [-0.25, -0.2) is 0 Å². The summed E-state index contributed by atoms with van der Waals surface area (Å²) >= 11 is 1.63. The van der Waals surface area contributed by atoms with Crippen molar-refractivity contribution in [3.63, 3.8) is 0 Å². The number of hydrogen-bond acceptors (Lipinski definition) is 6. The van der Waals surface area contributed by atoms with Crippen LogP contribution < -0.4 is 5.32 Å². The molecule has 0 saturated heterocycles. The molecule has 0 radical (unpaired) electrons. The molecule has 3 aromatic rings. The summed E-state index contributed by atoms with van der Waals surface area (Å²) in [5.41, 5.74) is 2.24. The van der Waals surface area contributed by atoms with Crippen molar-refractivity contribution in [1.29, 1.82) is 0 Å². The van der Waals surface area contributed by atoms with Crippen molar-refractivity contribution in [2.75, 3.05) is 12.3 Å². The number of carbonyl (C=O) groups excluding carboxylic acids is 2. The molecule has 2 aromatic carbocycles. The topological polar surface area (TPSA) is 85.1 Å². The molecule has 7 heteroatoms. The molecule has 1 amide bonds. The first-order valence-electron chi connectivity index (χ1n) is 9.39. The fraction of sp³-hybridized carbons (Fsp3) is 0.273. The Morgan fingerprint density at radius 3 is 2.62 bits per heavy atom. The molecule has 0 spiro atoms. The lowest BCUT2D eigenvalue weighted by Crippen LogP contribution is -2.22. The predicted octanol–water partition coefficient (Wildman–Crippen LogP) is 3.82. The molecule has 1 unspecified atom stereocenters. The summed E-state index contributed by atoms with van der Waals surface area (Å²) in [4.78, 5) is 28.0. The number of thioether (sulfide) groups is 1. The van der Waals surface area contributed by atoms with Crippen LogP contribution in [0.2, 0.25) is 0 Å². The van der Waals surface area contributed by atoms with Gasteiger partial charge in [0.15, 0.2) is 11.6 Å². The Bertz CT molecular complexity index is 972. The van der Waals surface area contributed by atoms with Crippen molar-refractivity contribution in [2.45, 2.75) is 25.5 Å². The van der Waals surface area contributed by atoms with E-state index in [2.05, 4.69) is 15.5 Å². The largest absolute Gasteiger partial charge is 0.356 e. The number of nitrogens with zero attached hydrogens (tertiary/aromatic N) is 2. The summed E-state index contributed by atoms with van der Waals surface area (Å²) in [6.07, 6.45) is 0. The fourth-order valence-electron chi connectivity index (χ4n) is 2.81. The van der Waals surface area contributed by atoms with E-state index >= 15 is 0 Å². The van der Waals surface area contributed by atoms with Crippen LogP contribution in [0.15, 0.2) is 59.1 Å². The molecule has 0 aliphatic rings. The van der Waals surface area contributed by atoms with Gasteiger partial charge in [-0.1, -0.05) is 53.7 Å². The summed E-state index contributed by atoms with van der Waals surface area (Å²) in [6, 6.07) is 16.7. The highest BCUT2D eigenvalue weighted by Crippen LogP contribution is 2.25. The van der Waals surface area contributed by atoms with Crippen LogP contribution in [-0.4, -0.2) is 34.1 Å². The van der Waals surface area contributed by atoms with Gasteiger partial charge >= 0.3 is 0 Å². The first kappa shape index (κ1) is 20.8. The Hall–Kier alpha value is -2.93. The van der Waals surface area contributed by atoms with Crippen molar-refractivity contribution in [2.24, 2.45) is 0 Å². The number of benzene rings is 2. The van der Waals surface area contributed by atoms with E-state index in [0.717, 1.165) is 11.3 Å². The SMILES string of the molecule is CC(=O)NCCSCc1noc(C(C)c2cccc(C(=O)c3ccccc3)c2)n1. The van der Waals surface area contributed by atoms with Gasteiger partial charge in [0.05, 0.1) is 11.7 Å². The zero-order valence-corrected chi connectivity index (χ0v) is 17.2. The van der Waals surface area contributed by atoms with Crippen LogP contribution >= 0.6 is 11.8 Å². The number of ketones is 1. The number of carbonyl (C=O) groups is 2. The van der Waals surface area contributed by atoms with Crippen molar-refractivity contribution in [3.05, 3.63) is 83.0 Å². The summed E-state index contributed by atoms with van der Waals surface area (Å²) in [5.74, 6) is 2.37. The molecule has 0 fully saturated rings. The molecule has 29 heavy (non-hydrogen) atoms. The monoisotopic (exact) mass is 409 g/mol. The molecule has 1 aromatic heterocycles. The maximum absolute atomic E-state index is 12.7. The molecule has 1 atom stereocenters. The van der Waals surface area contributed by atoms with E-state index in [0.29, 0.717) is 35.1 Å². The Morgan fingerprint density at radius 2 is 1.86 bits per heavy atom. The van der Waals surface area contributed by atoms with Gasteiger partial charge < -0.3 is 9.84 Å².